The van der Waals surface area contributed by atoms with Crippen molar-refractivity contribution in [3.63, 3.8) is 0 Å². The number of rotatable bonds is 8. The minimum Gasteiger partial charge on any atom is -0.493 e. The number of esters is 1. The Morgan fingerprint density at radius 1 is 0.972 bits per heavy atom. The van der Waals surface area contributed by atoms with E-state index in [2.05, 4.69) is 0 Å². The molecular formula is C27H33NO8. The minimum absolute atomic E-state index is 0.00429. The van der Waals surface area contributed by atoms with Crippen molar-refractivity contribution in [1.29, 1.82) is 0 Å². The summed E-state index contributed by atoms with van der Waals surface area (Å²) in [5.41, 5.74) is 1.91. The third-order valence-electron chi connectivity index (χ3n) is 6.79. The molecule has 1 N–H and O–H groups in total. The maximum absolute atomic E-state index is 12.6. The van der Waals surface area contributed by atoms with Crippen LogP contribution >= 0.6 is 0 Å². The predicted molar refractivity (Wildman–Crippen MR) is 131 cm³/mol. The number of nitrogens with zero attached hydrogens (tertiary/aromatic N) is 1. The predicted octanol–water partition coefficient (Wildman–Crippen LogP) is 3.24. The second kappa shape index (κ2) is 11.5. The highest BCUT2D eigenvalue weighted by molar-refractivity contribution is 5.75. The standard InChI is InChI=1S/C27H33NO8/c1-32-22-8-6-17(13-24(22)33-2)11-19-16-35-26(30)21(19)12-18-7-9-23(25(14-18)34-3)36-27(31)28-10-4-5-20(29)15-28/h6-9,13-14,19-21,29H,4-5,10-12,15-16H2,1-3H3/t19-,20+,21+/m0/s1. The molecule has 1 amide bonds. The van der Waals surface area contributed by atoms with Gasteiger partial charge >= 0.3 is 12.1 Å². The van der Waals surface area contributed by atoms with Crippen molar-refractivity contribution in [2.24, 2.45) is 11.8 Å². The van der Waals surface area contributed by atoms with E-state index < -0.39 is 12.2 Å². The summed E-state index contributed by atoms with van der Waals surface area (Å²) < 4.78 is 27.1. The van der Waals surface area contributed by atoms with Crippen LogP contribution < -0.4 is 18.9 Å². The summed E-state index contributed by atoms with van der Waals surface area (Å²) in [6.45, 7) is 1.15. The first kappa shape index (κ1) is 25.6. The van der Waals surface area contributed by atoms with Crippen molar-refractivity contribution in [2.75, 3.05) is 41.0 Å². The van der Waals surface area contributed by atoms with Crippen LogP contribution in [0, 0.1) is 11.8 Å². The molecular weight excluding hydrogens is 466 g/mol. The number of methoxy groups -OCH3 is 3. The van der Waals surface area contributed by atoms with Gasteiger partial charge in [-0.05, 0) is 61.1 Å². The van der Waals surface area contributed by atoms with E-state index in [0.29, 0.717) is 55.4 Å². The van der Waals surface area contributed by atoms with E-state index in [1.807, 2.05) is 24.3 Å². The van der Waals surface area contributed by atoms with E-state index in [4.69, 9.17) is 23.7 Å². The van der Waals surface area contributed by atoms with Crippen LogP contribution in [0.3, 0.4) is 0 Å². The SMILES string of the molecule is COc1ccc(C[C@H]2COC(=O)[C@@H]2Cc2ccc(OC(=O)N3CCC[C@@H](O)C3)c(OC)c2)cc1OC. The Morgan fingerprint density at radius 3 is 2.28 bits per heavy atom. The first-order valence-corrected chi connectivity index (χ1v) is 12.1. The van der Waals surface area contributed by atoms with Gasteiger partial charge in [0.1, 0.15) is 0 Å². The number of hydrogen-bond donors (Lipinski definition) is 1. The second-order valence-electron chi connectivity index (χ2n) is 9.19. The van der Waals surface area contributed by atoms with Gasteiger partial charge in [-0.3, -0.25) is 4.79 Å². The number of benzene rings is 2. The van der Waals surface area contributed by atoms with E-state index in [1.165, 1.54) is 12.0 Å². The smallest absolute Gasteiger partial charge is 0.415 e. The number of likely N-dealkylation sites (tertiary alicyclic amines) is 1. The molecule has 0 aromatic heterocycles. The Kier molecular flexibility index (Phi) is 8.20. The van der Waals surface area contributed by atoms with Gasteiger partial charge in [0.05, 0.1) is 40.0 Å². The van der Waals surface area contributed by atoms with Gasteiger partial charge in [-0.2, -0.15) is 0 Å². The maximum atomic E-state index is 12.6. The van der Waals surface area contributed by atoms with E-state index >= 15 is 0 Å². The lowest BCUT2D eigenvalue weighted by atomic mass is 9.85. The van der Waals surface area contributed by atoms with E-state index in [1.54, 1.807) is 26.4 Å². The van der Waals surface area contributed by atoms with Gasteiger partial charge in [-0.15, -0.1) is 0 Å². The van der Waals surface area contributed by atoms with Gasteiger partial charge in [0.2, 0.25) is 0 Å². The molecule has 2 saturated heterocycles. The van der Waals surface area contributed by atoms with Crippen LogP contribution in [0.5, 0.6) is 23.0 Å². The molecule has 194 valence electrons. The van der Waals surface area contributed by atoms with Crippen LogP contribution in [-0.4, -0.2) is 69.2 Å². The molecule has 0 unspecified atom stereocenters. The third-order valence-corrected chi connectivity index (χ3v) is 6.79. The van der Waals surface area contributed by atoms with Crippen LogP contribution in [0.15, 0.2) is 36.4 Å². The van der Waals surface area contributed by atoms with Gasteiger partial charge in [0.15, 0.2) is 23.0 Å². The molecule has 36 heavy (non-hydrogen) atoms. The van der Waals surface area contributed by atoms with Crippen molar-refractivity contribution in [2.45, 2.75) is 31.8 Å². The van der Waals surface area contributed by atoms with Crippen molar-refractivity contribution in [1.82, 2.24) is 4.90 Å². The van der Waals surface area contributed by atoms with Gasteiger partial charge in [0, 0.05) is 19.0 Å². The van der Waals surface area contributed by atoms with Crippen LogP contribution in [0.4, 0.5) is 4.79 Å². The number of hydrogen-bond acceptors (Lipinski definition) is 8. The maximum Gasteiger partial charge on any atom is 0.415 e. The number of carbonyl (C=O) groups is 2. The molecule has 9 nitrogen and oxygen atoms in total. The molecule has 2 heterocycles. The summed E-state index contributed by atoms with van der Waals surface area (Å²) in [4.78, 5) is 26.6. The normalized spacial score (nSPS) is 21.6. The van der Waals surface area contributed by atoms with E-state index in [9.17, 15) is 14.7 Å². The first-order valence-electron chi connectivity index (χ1n) is 12.1. The van der Waals surface area contributed by atoms with Crippen molar-refractivity contribution < 1.29 is 38.4 Å². The third kappa shape index (κ3) is 5.84. The van der Waals surface area contributed by atoms with E-state index in [0.717, 1.165) is 17.5 Å². The lowest BCUT2D eigenvalue weighted by Gasteiger charge is -2.29. The summed E-state index contributed by atoms with van der Waals surface area (Å²) in [7, 11) is 4.69. The van der Waals surface area contributed by atoms with E-state index in [-0.39, 0.29) is 24.3 Å². The molecule has 0 radical (unpaired) electrons. The zero-order chi connectivity index (χ0) is 25.7. The number of cyclic esters (lactones) is 1. The Balaban J connectivity index is 1.44. The summed E-state index contributed by atoms with van der Waals surface area (Å²) in [5, 5.41) is 9.83. The van der Waals surface area contributed by atoms with Crippen molar-refractivity contribution in [3.05, 3.63) is 47.5 Å². The number of aliphatic hydroxyl groups excluding tert-OH is 1. The van der Waals surface area contributed by atoms with Gasteiger partial charge in [0.25, 0.3) is 0 Å². The fourth-order valence-corrected chi connectivity index (χ4v) is 4.82. The molecule has 2 fully saturated rings. The molecule has 2 aliphatic rings. The second-order valence-corrected chi connectivity index (χ2v) is 9.19. The Bertz CT molecular complexity index is 1090. The molecule has 2 aromatic rings. The van der Waals surface area contributed by atoms with Crippen molar-refractivity contribution >= 4 is 12.1 Å². The molecule has 0 saturated carbocycles. The van der Waals surface area contributed by atoms with Crippen LogP contribution in [0.25, 0.3) is 0 Å². The molecule has 0 aliphatic carbocycles. The number of aliphatic hydroxyl groups is 1. The number of β-amino-alcohol motifs (C(OH)–C–C–N with tert-alkyl or cyclic N) is 1. The van der Waals surface area contributed by atoms with Gasteiger partial charge in [-0.25, -0.2) is 4.79 Å². The number of ether oxygens (including phenoxy) is 5. The highest BCUT2D eigenvalue weighted by Gasteiger charge is 2.37. The molecule has 9 heteroatoms. The van der Waals surface area contributed by atoms with Gasteiger partial charge < -0.3 is 33.7 Å². The fourth-order valence-electron chi connectivity index (χ4n) is 4.82. The van der Waals surface area contributed by atoms with Crippen LogP contribution in [-0.2, 0) is 22.4 Å². The fraction of sp³-hybridized carbons (Fsp3) is 0.481. The molecule has 0 spiro atoms. The zero-order valence-corrected chi connectivity index (χ0v) is 20.9. The summed E-state index contributed by atoms with van der Waals surface area (Å²) in [6, 6.07) is 11.0. The Labute approximate surface area is 210 Å². The monoisotopic (exact) mass is 499 g/mol. The summed E-state index contributed by atoms with van der Waals surface area (Å²) >= 11 is 0. The molecule has 0 bridgehead atoms. The van der Waals surface area contributed by atoms with Crippen molar-refractivity contribution in [3.8, 4) is 23.0 Å². The Morgan fingerprint density at radius 2 is 1.61 bits per heavy atom. The Hall–Kier alpha value is -3.46. The highest BCUT2D eigenvalue weighted by atomic mass is 16.6. The molecule has 2 aromatic carbocycles. The topological polar surface area (TPSA) is 104 Å². The number of carbonyl (C=O) groups excluding carboxylic acids is 2. The minimum atomic E-state index is -0.534. The quantitative estimate of drug-likeness (QED) is 0.552. The lowest BCUT2D eigenvalue weighted by Crippen LogP contribution is -2.43. The summed E-state index contributed by atoms with van der Waals surface area (Å²) in [6.07, 6.45) is 1.49. The van der Waals surface area contributed by atoms with Crippen LogP contribution in [0.1, 0.15) is 24.0 Å². The largest absolute Gasteiger partial charge is 0.493 e. The van der Waals surface area contributed by atoms with Crippen LogP contribution in [0.2, 0.25) is 0 Å². The zero-order valence-electron chi connectivity index (χ0n) is 20.9. The molecule has 2 aliphatic heterocycles. The lowest BCUT2D eigenvalue weighted by molar-refractivity contribution is -0.141. The average molecular weight is 500 g/mol. The number of amides is 1. The average Bonchev–Trinajstić information content (AvgIpc) is 3.23. The number of piperidine rings is 1. The van der Waals surface area contributed by atoms with Gasteiger partial charge in [-0.1, -0.05) is 12.1 Å². The molecule has 3 atom stereocenters. The summed E-state index contributed by atoms with van der Waals surface area (Å²) in [5.74, 6) is 1.46. The molecule has 4 rings (SSSR count). The highest BCUT2D eigenvalue weighted by Crippen LogP contribution is 2.35. The first-order chi connectivity index (χ1) is 17.4.